The van der Waals surface area contributed by atoms with Crippen LogP contribution in [0.3, 0.4) is 0 Å². The van der Waals surface area contributed by atoms with Gasteiger partial charge in [-0.25, -0.2) is 4.85 Å². The lowest BCUT2D eigenvalue weighted by Gasteiger charge is -2.19. The van der Waals surface area contributed by atoms with Crippen LogP contribution in [-0.4, -0.2) is 14.5 Å². The molecule has 0 aliphatic carbocycles. The van der Waals surface area contributed by atoms with Gasteiger partial charge in [0.2, 0.25) is 0 Å². The number of fused-ring (bicyclic) bond motifs is 6. The van der Waals surface area contributed by atoms with Crippen molar-refractivity contribution in [3.63, 3.8) is 0 Å². The molecule has 3 aromatic heterocycles. The molecule has 0 atom stereocenters. The highest BCUT2D eigenvalue weighted by Crippen LogP contribution is 2.47. The van der Waals surface area contributed by atoms with Crippen molar-refractivity contribution in [3.8, 4) is 50.2 Å². The predicted octanol–water partition coefficient (Wildman–Crippen LogP) is 14.3. The maximum Gasteiger partial charge on any atom is 0.188 e. The van der Waals surface area contributed by atoms with E-state index in [2.05, 4.69) is 165 Å². The predicted molar refractivity (Wildman–Crippen MR) is 237 cm³/mol. The second-order valence-electron chi connectivity index (χ2n) is 14.5. The Hall–Kier alpha value is -7.87. The van der Waals surface area contributed by atoms with Crippen LogP contribution in [0.25, 0.3) is 109 Å². The van der Waals surface area contributed by atoms with Gasteiger partial charge in [0.05, 0.1) is 17.6 Å². The minimum atomic E-state index is 0.613. The van der Waals surface area contributed by atoms with Crippen LogP contribution in [0, 0.1) is 6.57 Å². The Morgan fingerprint density at radius 1 is 0.404 bits per heavy atom. The van der Waals surface area contributed by atoms with Crippen LogP contribution in [0.15, 0.2) is 195 Å². The second kappa shape index (κ2) is 13.2. The third kappa shape index (κ3) is 5.29. The van der Waals surface area contributed by atoms with E-state index in [9.17, 15) is 0 Å². The fourth-order valence-electron chi connectivity index (χ4n) is 8.83. The summed E-state index contributed by atoms with van der Waals surface area (Å²) in [7, 11) is 0. The SMILES string of the molecule is [C-]#[N+]c1ccc2c(c1)c1cc(-c3c4ccccc4c(-c4cccc5ccccc45)c4ccccc34)ccc1n2-c1cc(-c2cccnc2)cc(-c2cccnc2)c1. The molecule has 3 heterocycles. The van der Waals surface area contributed by atoms with Crippen molar-refractivity contribution in [1.82, 2.24) is 14.5 Å². The lowest BCUT2D eigenvalue weighted by atomic mass is 9.84. The molecule has 0 spiro atoms. The van der Waals surface area contributed by atoms with Crippen molar-refractivity contribution >= 4 is 59.8 Å². The van der Waals surface area contributed by atoms with Crippen molar-refractivity contribution in [2.24, 2.45) is 0 Å². The van der Waals surface area contributed by atoms with E-state index in [-0.39, 0.29) is 0 Å². The van der Waals surface area contributed by atoms with Gasteiger partial charge >= 0.3 is 0 Å². The lowest BCUT2D eigenvalue weighted by molar-refractivity contribution is 1.18. The van der Waals surface area contributed by atoms with Crippen molar-refractivity contribution in [2.75, 3.05) is 0 Å². The Kier molecular flexibility index (Phi) is 7.52. The van der Waals surface area contributed by atoms with Crippen molar-refractivity contribution in [3.05, 3.63) is 206 Å². The molecule has 4 nitrogen and oxygen atoms in total. The van der Waals surface area contributed by atoms with Crippen molar-refractivity contribution in [2.45, 2.75) is 0 Å². The molecule has 0 amide bonds. The van der Waals surface area contributed by atoms with E-state index >= 15 is 0 Å². The van der Waals surface area contributed by atoms with Gasteiger partial charge in [-0.2, -0.15) is 0 Å². The first-order valence-corrected chi connectivity index (χ1v) is 19.1. The third-order valence-electron chi connectivity index (χ3n) is 11.3. The summed E-state index contributed by atoms with van der Waals surface area (Å²) >= 11 is 0. The summed E-state index contributed by atoms with van der Waals surface area (Å²) in [5.41, 5.74) is 12.8. The van der Waals surface area contributed by atoms with Crippen LogP contribution in [0.2, 0.25) is 0 Å². The zero-order valence-electron chi connectivity index (χ0n) is 30.8. The highest BCUT2D eigenvalue weighted by atomic mass is 15.0. The van der Waals surface area contributed by atoms with Gasteiger partial charge in [0.1, 0.15) is 0 Å². The number of hydrogen-bond acceptors (Lipinski definition) is 2. The molecule has 0 bridgehead atoms. The molecular weight excluding hydrogens is 693 g/mol. The molecule has 11 aromatic rings. The average molecular weight is 725 g/mol. The molecule has 4 heteroatoms. The molecule has 0 fully saturated rings. The highest BCUT2D eigenvalue weighted by Gasteiger charge is 2.20. The number of nitrogens with zero attached hydrogens (tertiary/aromatic N) is 4. The van der Waals surface area contributed by atoms with Gasteiger partial charge in [-0.05, 0) is 126 Å². The van der Waals surface area contributed by atoms with E-state index in [4.69, 9.17) is 6.57 Å². The number of aromatic nitrogens is 3. The Labute approximate surface area is 329 Å². The monoisotopic (exact) mass is 724 g/mol. The largest absolute Gasteiger partial charge is 0.309 e. The summed E-state index contributed by atoms with van der Waals surface area (Å²) in [6.45, 7) is 7.95. The average Bonchev–Trinajstić information content (AvgIpc) is 3.61. The van der Waals surface area contributed by atoms with E-state index < -0.39 is 0 Å². The number of rotatable bonds is 5. The Morgan fingerprint density at radius 2 is 0.965 bits per heavy atom. The van der Waals surface area contributed by atoms with Gasteiger partial charge in [-0.3, -0.25) is 9.97 Å². The molecular formula is C53H32N4. The van der Waals surface area contributed by atoms with Gasteiger partial charge in [0.15, 0.2) is 5.69 Å². The van der Waals surface area contributed by atoms with E-state index in [0.717, 1.165) is 55.3 Å². The molecule has 264 valence electrons. The maximum atomic E-state index is 7.95. The van der Waals surface area contributed by atoms with Crippen LogP contribution < -0.4 is 0 Å². The number of benzene rings is 8. The molecule has 0 saturated heterocycles. The zero-order chi connectivity index (χ0) is 37.9. The molecule has 0 aliphatic rings. The van der Waals surface area contributed by atoms with Gasteiger partial charge in [0.25, 0.3) is 0 Å². The molecule has 0 aliphatic heterocycles. The van der Waals surface area contributed by atoms with E-state index in [1.54, 1.807) is 12.4 Å². The van der Waals surface area contributed by atoms with Crippen molar-refractivity contribution in [1.29, 1.82) is 0 Å². The Bertz CT molecular complexity index is 3290. The fourth-order valence-corrected chi connectivity index (χ4v) is 8.83. The topological polar surface area (TPSA) is 35.1 Å². The summed E-state index contributed by atoms with van der Waals surface area (Å²) in [4.78, 5) is 12.8. The Balaban J connectivity index is 1.20. The van der Waals surface area contributed by atoms with Crippen LogP contribution in [-0.2, 0) is 0 Å². The Morgan fingerprint density at radius 3 is 1.58 bits per heavy atom. The van der Waals surface area contributed by atoms with Crippen LogP contribution >= 0.6 is 0 Å². The molecule has 0 N–H and O–H groups in total. The minimum absolute atomic E-state index is 0.613. The number of pyridine rings is 2. The molecule has 0 unspecified atom stereocenters. The van der Waals surface area contributed by atoms with Crippen LogP contribution in [0.1, 0.15) is 0 Å². The van der Waals surface area contributed by atoms with Gasteiger partial charge < -0.3 is 4.57 Å². The molecule has 11 rings (SSSR count). The van der Waals surface area contributed by atoms with Crippen molar-refractivity contribution < 1.29 is 0 Å². The quantitative estimate of drug-likeness (QED) is 0.131. The second-order valence-corrected chi connectivity index (χ2v) is 14.5. The number of hydrogen-bond donors (Lipinski definition) is 0. The van der Waals surface area contributed by atoms with Gasteiger partial charge in [-0.1, -0.05) is 115 Å². The standard InChI is InChI=1S/C53H32N4/c1-54-40-22-24-51-49(31-40)48-30-35(21-23-50(48)57(51)41-28-38(36-13-9-25-55-32-36)27-39(29-41)37-14-10-26-56-33-37)52-44-16-4-6-18-46(44)53(47-19-7-5-17-45(47)52)43-20-8-12-34-11-2-3-15-42(34)43/h2-33H. The van der Waals surface area contributed by atoms with Crippen LogP contribution in [0.4, 0.5) is 5.69 Å². The molecule has 8 aromatic carbocycles. The summed E-state index contributed by atoms with van der Waals surface area (Å²) in [5.74, 6) is 0. The maximum absolute atomic E-state index is 7.95. The smallest absolute Gasteiger partial charge is 0.188 e. The highest BCUT2D eigenvalue weighted by molar-refractivity contribution is 6.24. The first-order chi connectivity index (χ1) is 28.2. The van der Waals surface area contributed by atoms with Gasteiger partial charge in [-0.15, -0.1) is 0 Å². The summed E-state index contributed by atoms with van der Waals surface area (Å²) in [5, 5.41) is 9.44. The van der Waals surface area contributed by atoms with E-state index in [1.165, 1.54) is 49.0 Å². The van der Waals surface area contributed by atoms with E-state index in [0.29, 0.717) is 5.69 Å². The summed E-state index contributed by atoms with van der Waals surface area (Å²) < 4.78 is 2.34. The normalized spacial score (nSPS) is 11.5. The van der Waals surface area contributed by atoms with Crippen LogP contribution in [0.5, 0.6) is 0 Å². The minimum Gasteiger partial charge on any atom is -0.309 e. The summed E-state index contributed by atoms with van der Waals surface area (Å²) in [6, 6.07) is 60.7. The van der Waals surface area contributed by atoms with E-state index in [1.807, 2.05) is 36.7 Å². The summed E-state index contributed by atoms with van der Waals surface area (Å²) in [6.07, 6.45) is 7.43. The van der Waals surface area contributed by atoms with Gasteiger partial charge in [0, 0.05) is 47.0 Å². The molecule has 0 radical (unpaired) electrons. The lowest BCUT2D eigenvalue weighted by Crippen LogP contribution is -1.96. The molecule has 0 saturated carbocycles. The third-order valence-corrected chi connectivity index (χ3v) is 11.3. The zero-order valence-corrected chi connectivity index (χ0v) is 30.8. The fraction of sp³-hybridized carbons (Fsp3) is 0. The first-order valence-electron chi connectivity index (χ1n) is 19.1. The first kappa shape index (κ1) is 32.6. The molecule has 57 heavy (non-hydrogen) atoms.